The van der Waals surface area contributed by atoms with Crippen LogP contribution in [-0.2, 0) is 17.1 Å². The molecule has 0 unspecified atom stereocenters. The maximum Gasteiger partial charge on any atom is 0.265 e. The highest BCUT2D eigenvalue weighted by Crippen LogP contribution is 2.17. The number of nitrogens with zero attached hydrogens (tertiary/aromatic N) is 2. The Morgan fingerprint density at radius 3 is 2.28 bits per heavy atom. The molecule has 0 aliphatic rings. The van der Waals surface area contributed by atoms with Gasteiger partial charge >= 0.3 is 0 Å². The SMILES string of the molecule is CNc1ccc(NS(=O)(=O)c2cnn(C)c2)cc1. The van der Waals surface area contributed by atoms with Crippen molar-refractivity contribution in [2.75, 3.05) is 17.1 Å². The summed E-state index contributed by atoms with van der Waals surface area (Å²) in [7, 11) is -0.0980. The molecule has 7 heteroatoms. The van der Waals surface area contributed by atoms with Gasteiger partial charge in [0.2, 0.25) is 0 Å². The van der Waals surface area contributed by atoms with Gasteiger partial charge in [-0.05, 0) is 24.3 Å². The summed E-state index contributed by atoms with van der Waals surface area (Å²) in [6.45, 7) is 0. The van der Waals surface area contributed by atoms with Crippen molar-refractivity contribution in [3.05, 3.63) is 36.7 Å². The Hall–Kier alpha value is -2.02. The summed E-state index contributed by atoms with van der Waals surface area (Å²) in [5.74, 6) is 0. The highest BCUT2D eigenvalue weighted by molar-refractivity contribution is 7.92. The zero-order valence-corrected chi connectivity index (χ0v) is 10.9. The maximum absolute atomic E-state index is 12.0. The predicted molar refractivity (Wildman–Crippen MR) is 70.0 cm³/mol. The number of aryl methyl sites for hydroxylation is 1. The Balaban J connectivity index is 2.22. The third kappa shape index (κ3) is 2.62. The first-order valence-corrected chi connectivity index (χ1v) is 6.79. The van der Waals surface area contributed by atoms with Crippen molar-refractivity contribution in [3.8, 4) is 0 Å². The molecule has 2 N–H and O–H groups in total. The van der Waals surface area contributed by atoms with Gasteiger partial charge in [-0.2, -0.15) is 5.10 Å². The van der Waals surface area contributed by atoms with Crippen molar-refractivity contribution in [2.45, 2.75) is 4.90 Å². The number of nitrogens with one attached hydrogen (secondary N) is 2. The van der Waals surface area contributed by atoms with Crippen molar-refractivity contribution in [3.63, 3.8) is 0 Å². The second kappa shape index (κ2) is 4.69. The van der Waals surface area contributed by atoms with E-state index in [4.69, 9.17) is 0 Å². The van der Waals surface area contributed by atoms with E-state index in [1.165, 1.54) is 17.1 Å². The summed E-state index contributed by atoms with van der Waals surface area (Å²) < 4.78 is 27.9. The highest BCUT2D eigenvalue weighted by Gasteiger charge is 2.15. The number of benzene rings is 1. The minimum atomic E-state index is -3.57. The molecule has 18 heavy (non-hydrogen) atoms. The van der Waals surface area contributed by atoms with Crippen molar-refractivity contribution in [1.82, 2.24) is 9.78 Å². The summed E-state index contributed by atoms with van der Waals surface area (Å²) >= 11 is 0. The first kappa shape index (κ1) is 12.4. The second-order valence-corrected chi connectivity index (χ2v) is 5.46. The van der Waals surface area contributed by atoms with Crippen LogP contribution in [0, 0.1) is 0 Å². The van der Waals surface area contributed by atoms with Crippen LogP contribution in [-0.4, -0.2) is 25.2 Å². The lowest BCUT2D eigenvalue weighted by Gasteiger charge is -2.07. The van der Waals surface area contributed by atoms with E-state index in [1.54, 1.807) is 38.4 Å². The van der Waals surface area contributed by atoms with Gasteiger partial charge in [0, 0.05) is 31.7 Å². The molecule has 2 rings (SSSR count). The highest BCUT2D eigenvalue weighted by atomic mass is 32.2. The van der Waals surface area contributed by atoms with E-state index in [9.17, 15) is 8.42 Å². The Kier molecular flexibility index (Phi) is 3.24. The van der Waals surface area contributed by atoms with Gasteiger partial charge < -0.3 is 5.32 Å². The molecule has 0 spiro atoms. The van der Waals surface area contributed by atoms with Crippen molar-refractivity contribution in [2.24, 2.45) is 7.05 Å². The van der Waals surface area contributed by atoms with Gasteiger partial charge in [0.05, 0.1) is 6.20 Å². The zero-order valence-electron chi connectivity index (χ0n) is 10.1. The Bertz CT molecular complexity index is 631. The van der Waals surface area contributed by atoms with Crippen LogP contribution in [0.2, 0.25) is 0 Å². The normalized spacial score (nSPS) is 11.2. The average Bonchev–Trinajstić information content (AvgIpc) is 2.77. The number of hydrogen-bond acceptors (Lipinski definition) is 4. The standard InChI is InChI=1S/C11H14N4O2S/c1-12-9-3-5-10(6-4-9)14-18(16,17)11-7-13-15(2)8-11/h3-8,12,14H,1-2H3. The van der Waals surface area contributed by atoms with E-state index in [0.717, 1.165) is 5.69 Å². The quantitative estimate of drug-likeness (QED) is 0.873. The number of rotatable bonds is 4. The first-order chi connectivity index (χ1) is 8.51. The fourth-order valence-electron chi connectivity index (χ4n) is 1.46. The second-order valence-electron chi connectivity index (χ2n) is 3.78. The monoisotopic (exact) mass is 266 g/mol. The Morgan fingerprint density at radius 1 is 1.17 bits per heavy atom. The van der Waals surface area contributed by atoms with Crippen LogP contribution in [0.25, 0.3) is 0 Å². The van der Waals surface area contributed by atoms with Gasteiger partial charge in [0.25, 0.3) is 10.0 Å². The van der Waals surface area contributed by atoms with Crippen LogP contribution < -0.4 is 10.0 Å². The fraction of sp³-hybridized carbons (Fsp3) is 0.182. The molecule has 0 radical (unpaired) electrons. The Labute approximate surface area is 106 Å². The molecule has 0 saturated heterocycles. The van der Waals surface area contributed by atoms with Crippen LogP contribution in [0.3, 0.4) is 0 Å². The summed E-state index contributed by atoms with van der Waals surface area (Å²) in [5.41, 5.74) is 1.43. The van der Waals surface area contributed by atoms with Crippen LogP contribution in [0.15, 0.2) is 41.6 Å². The van der Waals surface area contributed by atoms with E-state index in [2.05, 4.69) is 15.1 Å². The van der Waals surface area contributed by atoms with Crippen LogP contribution in [0.5, 0.6) is 0 Å². The molecule has 96 valence electrons. The minimum absolute atomic E-state index is 0.141. The van der Waals surface area contributed by atoms with E-state index >= 15 is 0 Å². The zero-order chi connectivity index (χ0) is 13.2. The predicted octanol–water partition coefficient (Wildman–Crippen LogP) is 1.26. The van der Waals surface area contributed by atoms with Gasteiger partial charge in [-0.3, -0.25) is 9.40 Å². The molecular formula is C11H14N4O2S. The summed E-state index contributed by atoms with van der Waals surface area (Å²) in [5, 5.41) is 6.80. The lowest BCUT2D eigenvalue weighted by atomic mass is 10.3. The Morgan fingerprint density at radius 2 is 1.78 bits per heavy atom. The van der Waals surface area contributed by atoms with E-state index < -0.39 is 10.0 Å². The number of anilines is 2. The molecular weight excluding hydrogens is 252 g/mol. The van der Waals surface area contributed by atoms with E-state index in [1.807, 2.05) is 0 Å². The number of hydrogen-bond donors (Lipinski definition) is 2. The molecule has 0 atom stereocenters. The van der Waals surface area contributed by atoms with Crippen molar-refractivity contribution >= 4 is 21.4 Å². The van der Waals surface area contributed by atoms with Gasteiger partial charge in [-0.15, -0.1) is 0 Å². The first-order valence-electron chi connectivity index (χ1n) is 5.30. The third-order valence-electron chi connectivity index (χ3n) is 2.42. The van der Waals surface area contributed by atoms with Crippen molar-refractivity contribution in [1.29, 1.82) is 0 Å². The molecule has 0 bridgehead atoms. The lowest BCUT2D eigenvalue weighted by molar-refractivity contribution is 0.601. The van der Waals surface area contributed by atoms with Gasteiger partial charge in [-0.1, -0.05) is 0 Å². The topological polar surface area (TPSA) is 76.0 Å². The van der Waals surface area contributed by atoms with Gasteiger partial charge in [0.1, 0.15) is 4.90 Å². The van der Waals surface area contributed by atoms with E-state index in [-0.39, 0.29) is 4.90 Å². The smallest absolute Gasteiger partial charge is 0.265 e. The number of sulfonamides is 1. The maximum atomic E-state index is 12.0. The summed E-state index contributed by atoms with van der Waals surface area (Å²) in [4.78, 5) is 0.141. The van der Waals surface area contributed by atoms with Gasteiger partial charge in [-0.25, -0.2) is 8.42 Å². The molecule has 1 heterocycles. The minimum Gasteiger partial charge on any atom is -0.388 e. The van der Waals surface area contributed by atoms with Crippen LogP contribution in [0.4, 0.5) is 11.4 Å². The van der Waals surface area contributed by atoms with Crippen LogP contribution in [0.1, 0.15) is 0 Å². The summed E-state index contributed by atoms with van der Waals surface area (Å²) in [6, 6.07) is 6.97. The lowest BCUT2D eigenvalue weighted by Crippen LogP contribution is -2.12. The fourth-order valence-corrected chi connectivity index (χ4v) is 2.50. The molecule has 0 fully saturated rings. The summed E-state index contributed by atoms with van der Waals surface area (Å²) in [6.07, 6.45) is 2.76. The average molecular weight is 266 g/mol. The third-order valence-corrected chi connectivity index (χ3v) is 3.75. The number of aromatic nitrogens is 2. The molecule has 6 nitrogen and oxygen atoms in total. The van der Waals surface area contributed by atoms with Crippen molar-refractivity contribution < 1.29 is 8.42 Å². The van der Waals surface area contributed by atoms with Gasteiger partial charge in [0.15, 0.2) is 0 Å². The molecule has 0 amide bonds. The molecule has 1 aromatic carbocycles. The molecule has 1 aromatic heterocycles. The van der Waals surface area contributed by atoms with E-state index in [0.29, 0.717) is 5.69 Å². The molecule has 0 saturated carbocycles. The molecule has 0 aliphatic heterocycles. The molecule has 0 aliphatic carbocycles. The largest absolute Gasteiger partial charge is 0.388 e. The van der Waals surface area contributed by atoms with Crippen LogP contribution >= 0.6 is 0 Å². The molecule has 2 aromatic rings.